The van der Waals surface area contributed by atoms with E-state index >= 15 is 0 Å². The average Bonchev–Trinajstić information content (AvgIpc) is 2.74. The Morgan fingerprint density at radius 3 is 2.78 bits per heavy atom. The summed E-state index contributed by atoms with van der Waals surface area (Å²) < 4.78 is 0. The van der Waals surface area contributed by atoms with Gasteiger partial charge in [0.25, 0.3) is 0 Å². The van der Waals surface area contributed by atoms with Gasteiger partial charge in [-0.3, -0.25) is 4.79 Å². The molecule has 1 aromatic heterocycles. The minimum Gasteiger partial charge on any atom is -0.293 e. The number of carbonyl (C=O) groups is 1. The largest absolute Gasteiger partial charge is 0.293 e. The van der Waals surface area contributed by atoms with Crippen molar-refractivity contribution in [3.63, 3.8) is 0 Å². The van der Waals surface area contributed by atoms with E-state index in [0.29, 0.717) is 6.42 Å². The summed E-state index contributed by atoms with van der Waals surface area (Å²) in [6.07, 6.45) is 2.58. The summed E-state index contributed by atoms with van der Waals surface area (Å²) in [6.45, 7) is 4.19. The van der Waals surface area contributed by atoms with Gasteiger partial charge in [0.05, 0.1) is 10.6 Å². The summed E-state index contributed by atoms with van der Waals surface area (Å²) in [6, 6.07) is 6.38. The Labute approximate surface area is 111 Å². The number of ketones is 1. The van der Waals surface area contributed by atoms with Crippen LogP contribution < -0.4 is 0 Å². The van der Waals surface area contributed by atoms with Crippen molar-refractivity contribution in [1.29, 1.82) is 0 Å². The van der Waals surface area contributed by atoms with Crippen LogP contribution in [0.25, 0.3) is 10.6 Å². The van der Waals surface area contributed by atoms with E-state index in [0.717, 1.165) is 34.0 Å². The number of thiazole rings is 1. The monoisotopic (exact) mass is 257 g/mol. The maximum absolute atomic E-state index is 11.8. The SMILES string of the molecule is Cc1ccc(-c2nc3c(s2)C(=O)CCC3)c(C)c1. The maximum atomic E-state index is 11.8. The summed E-state index contributed by atoms with van der Waals surface area (Å²) in [5, 5.41) is 0.993. The molecular weight excluding hydrogens is 242 g/mol. The first-order chi connectivity index (χ1) is 8.65. The molecule has 0 atom stereocenters. The molecule has 92 valence electrons. The molecule has 0 saturated heterocycles. The third-order valence-electron chi connectivity index (χ3n) is 3.38. The lowest BCUT2D eigenvalue weighted by atomic mass is 10.0. The number of benzene rings is 1. The molecule has 3 heteroatoms. The van der Waals surface area contributed by atoms with Crippen LogP contribution in [0.15, 0.2) is 18.2 Å². The van der Waals surface area contributed by atoms with Crippen molar-refractivity contribution < 1.29 is 4.79 Å². The van der Waals surface area contributed by atoms with E-state index in [-0.39, 0.29) is 5.78 Å². The Morgan fingerprint density at radius 2 is 2.06 bits per heavy atom. The van der Waals surface area contributed by atoms with Crippen LogP contribution in [0.1, 0.15) is 39.3 Å². The van der Waals surface area contributed by atoms with Crippen molar-refractivity contribution in [2.24, 2.45) is 0 Å². The van der Waals surface area contributed by atoms with Gasteiger partial charge in [0.2, 0.25) is 0 Å². The highest BCUT2D eigenvalue weighted by molar-refractivity contribution is 7.17. The molecule has 0 amide bonds. The molecule has 0 fully saturated rings. The highest BCUT2D eigenvalue weighted by Crippen LogP contribution is 2.34. The van der Waals surface area contributed by atoms with Crippen molar-refractivity contribution in [3.05, 3.63) is 39.9 Å². The summed E-state index contributed by atoms with van der Waals surface area (Å²) in [4.78, 5) is 17.4. The molecular formula is C15H15NOS. The van der Waals surface area contributed by atoms with Gasteiger partial charge in [-0.05, 0) is 32.3 Å². The van der Waals surface area contributed by atoms with Crippen LogP contribution in [0.4, 0.5) is 0 Å². The van der Waals surface area contributed by atoms with Crippen molar-refractivity contribution >= 4 is 17.1 Å². The normalized spacial score (nSPS) is 14.7. The van der Waals surface area contributed by atoms with Gasteiger partial charge in [0.15, 0.2) is 5.78 Å². The molecule has 0 unspecified atom stereocenters. The molecule has 1 aliphatic rings. The fourth-order valence-corrected chi connectivity index (χ4v) is 3.61. The highest BCUT2D eigenvalue weighted by Gasteiger charge is 2.22. The fourth-order valence-electron chi connectivity index (χ4n) is 2.44. The Bertz CT molecular complexity index is 627. The van der Waals surface area contributed by atoms with Crippen molar-refractivity contribution in [2.45, 2.75) is 33.1 Å². The molecule has 0 aliphatic heterocycles. The van der Waals surface area contributed by atoms with E-state index in [1.54, 1.807) is 11.3 Å². The third kappa shape index (κ3) is 1.89. The zero-order valence-corrected chi connectivity index (χ0v) is 11.4. The molecule has 0 radical (unpaired) electrons. The third-order valence-corrected chi connectivity index (χ3v) is 4.55. The zero-order valence-electron chi connectivity index (χ0n) is 10.6. The topological polar surface area (TPSA) is 30.0 Å². The second-order valence-corrected chi connectivity index (χ2v) is 5.89. The number of fused-ring (bicyclic) bond motifs is 1. The molecule has 1 aromatic carbocycles. The molecule has 2 aromatic rings. The lowest BCUT2D eigenvalue weighted by Crippen LogP contribution is -2.07. The van der Waals surface area contributed by atoms with Crippen LogP contribution in [0.3, 0.4) is 0 Å². The molecule has 0 N–H and O–H groups in total. The smallest absolute Gasteiger partial charge is 0.174 e. The van der Waals surface area contributed by atoms with E-state index in [9.17, 15) is 4.79 Å². The van der Waals surface area contributed by atoms with Gasteiger partial charge in [0.1, 0.15) is 5.01 Å². The number of nitrogens with zero attached hydrogens (tertiary/aromatic N) is 1. The second-order valence-electron chi connectivity index (χ2n) is 4.89. The van der Waals surface area contributed by atoms with Crippen LogP contribution in [-0.2, 0) is 6.42 Å². The van der Waals surface area contributed by atoms with E-state index in [1.165, 1.54) is 11.1 Å². The van der Waals surface area contributed by atoms with Gasteiger partial charge >= 0.3 is 0 Å². The standard InChI is InChI=1S/C15H15NOS/c1-9-6-7-11(10(2)8-9)15-16-12-4-3-5-13(17)14(12)18-15/h6-8H,3-5H2,1-2H3. The molecule has 18 heavy (non-hydrogen) atoms. The number of Topliss-reactive ketones (excluding diaryl/α,β-unsaturated/α-hetero) is 1. The maximum Gasteiger partial charge on any atom is 0.174 e. The Hall–Kier alpha value is -1.48. The van der Waals surface area contributed by atoms with Crippen LogP contribution >= 0.6 is 11.3 Å². The molecule has 0 bridgehead atoms. The van der Waals surface area contributed by atoms with Gasteiger partial charge in [-0.25, -0.2) is 4.98 Å². The first-order valence-electron chi connectivity index (χ1n) is 6.25. The predicted octanol–water partition coefficient (Wildman–Crippen LogP) is 3.95. The highest BCUT2D eigenvalue weighted by atomic mass is 32.1. The van der Waals surface area contributed by atoms with Gasteiger partial charge in [-0.2, -0.15) is 0 Å². The second kappa shape index (κ2) is 4.32. The summed E-state index contributed by atoms with van der Waals surface area (Å²) in [7, 11) is 0. The van der Waals surface area contributed by atoms with Crippen LogP contribution in [0.5, 0.6) is 0 Å². The number of rotatable bonds is 1. The number of hydrogen-bond acceptors (Lipinski definition) is 3. The number of aryl methyl sites for hydroxylation is 3. The molecule has 3 rings (SSSR count). The van der Waals surface area contributed by atoms with E-state index < -0.39 is 0 Å². The van der Waals surface area contributed by atoms with Crippen molar-refractivity contribution in [2.75, 3.05) is 0 Å². The molecule has 0 saturated carbocycles. The summed E-state index contributed by atoms with van der Waals surface area (Å²) >= 11 is 1.56. The first-order valence-corrected chi connectivity index (χ1v) is 7.07. The lowest BCUT2D eigenvalue weighted by Gasteiger charge is -2.06. The van der Waals surface area contributed by atoms with E-state index in [1.807, 2.05) is 0 Å². The average molecular weight is 257 g/mol. The minimum absolute atomic E-state index is 0.268. The summed E-state index contributed by atoms with van der Waals surface area (Å²) in [5.74, 6) is 0.268. The van der Waals surface area contributed by atoms with Gasteiger partial charge < -0.3 is 0 Å². The number of hydrogen-bond donors (Lipinski definition) is 0. The van der Waals surface area contributed by atoms with Crippen molar-refractivity contribution in [1.82, 2.24) is 4.98 Å². The predicted molar refractivity (Wildman–Crippen MR) is 74.3 cm³/mol. The molecule has 1 heterocycles. The van der Waals surface area contributed by atoms with Gasteiger partial charge in [-0.15, -0.1) is 11.3 Å². The first kappa shape index (κ1) is 11.6. The zero-order chi connectivity index (χ0) is 12.7. The van der Waals surface area contributed by atoms with E-state index in [4.69, 9.17) is 0 Å². The Balaban J connectivity index is 2.10. The van der Waals surface area contributed by atoms with E-state index in [2.05, 4.69) is 37.0 Å². The Kier molecular flexibility index (Phi) is 2.78. The molecule has 2 nitrogen and oxygen atoms in total. The Morgan fingerprint density at radius 1 is 1.22 bits per heavy atom. The van der Waals surface area contributed by atoms with Crippen LogP contribution in [0, 0.1) is 13.8 Å². The number of carbonyl (C=O) groups excluding carboxylic acids is 1. The lowest BCUT2D eigenvalue weighted by molar-refractivity contribution is 0.0976. The van der Waals surface area contributed by atoms with Gasteiger partial charge in [-0.1, -0.05) is 23.8 Å². The number of aromatic nitrogens is 1. The van der Waals surface area contributed by atoms with Crippen LogP contribution in [-0.4, -0.2) is 10.8 Å². The fraction of sp³-hybridized carbons (Fsp3) is 0.333. The molecule has 0 spiro atoms. The van der Waals surface area contributed by atoms with Crippen molar-refractivity contribution in [3.8, 4) is 10.6 Å². The quantitative estimate of drug-likeness (QED) is 0.774. The minimum atomic E-state index is 0.268. The summed E-state index contributed by atoms with van der Waals surface area (Å²) in [5.41, 5.74) is 4.65. The molecule has 1 aliphatic carbocycles. The van der Waals surface area contributed by atoms with Crippen LogP contribution in [0.2, 0.25) is 0 Å². The van der Waals surface area contributed by atoms with Gasteiger partial charge in [0, 0.05) is 12.0 Å².